The summed E-state index contributed by atoms with van der Waals surface area (Å²) in [5.41, 5.74) is 0.0248. The van der Waals surface area contributed by atoms with Gasteiger partial charge in [-0.1, -0.05) is 24.3 Å². The summed E-state index contributed by atoms with van der Waals surface area (Å²) in [5, 5.41) is 29.3. The van der Waals surface area contributed by atoms with Crippen LogP contribution in [-0.2, 0) is 20.0 Å². The molecule has 0 bridgehead atoms. The van der Waals surface area contributed by atoms with Gasteiger partial charge in [-0.3, -0.25) is 23.5 Å². The van der Waals surface area contributed by atoms with E-state index in [0.717, 1.165) is 0 Å². The molecule has 0 unspecified atom stereocenters. The molecule has 3 rings (SSSR count). The standard InChI is InChI=1S/C26H30N4O10.H2O4S.H2O/c1-15(31)19-14-18-22(39-25(36)29-12-10-27-8-6-20(32)33)16-4-2-3-5-17(16)23(24(18)38-19)40-26(37)30-13-11-28-9-7-21(34)35;1-5(2,3)4;/h2-5,14,27-28H,6-13H2,1H3,(H,29,36)(H,30,37)(H,32,33)(H,34,35);(H2,1,2,3,4);1H2. The molecule has 0 saturated carbocycles. The van der Waals surface area contributed by atoms with E-state index < -0.39 is 40.3 Å². The van der Waals surface area contributed by atoms with Gasteiger partial charge < -0.3 is 50.8 Å². The number of aliphatic carboxylic acids is 2. The molecule has 20 heteroatoms. The molecule has 0 aliphatic carbocycles. The maximum Gasteiger partial charge on any atom is 0.412 e. The summed E-state index contributed by atoms with van der Waals surface area (Å²) in [5.74, 6) is -2.19. The third-order valence-electron chi connectivity index (χ3n) is 5.51. The maximum atomic E-state index is 12.6. The molecule has 1 aromatic heterocycles. The van der Waals surface area contributed by atoms with Crippen molar-refractivity contribution in [2.45, 2.75) is 19.8 Å². The molecule has 0 aliphatic rings. The first-order valence-electron chi connectivity index (χ1n) is 13.1. The number of amides is 2. The van der Waals surface area contributed by atoms with Crippen LogP contribution in [0.3, 0.4) is 0 Å². The van der Waals surface area contributed by atoms with Gasteiger partial charge in [0.15, 0.2) is 28.6 Å². The predicted octanol–water partition coefficient (Wildman–Crippen LogP) is 0.617. The monoisotopic (exact) mass is 674 g/mol. The number of ether oxygens (including phenoxy) is 2. The van der Waals surface area contributed by atoms with Crippen LogP contribution in [0.4, 0.5) is 9.59 Å². The van der Waals surface area contributed by atoms with Gasteiger partial charge >= 0.3 is 34.5 Å². The Hall–Kier alpha value is -4.86. The quantitative estimate of drug-likeness (QED) is 0.0622. The first-order chi connectivity index (χ1) is 21.2. The van der Waals surface area contributed by atoms with Crippen LogP contribution in [0.5, 0.6) is 11.5 Å². The minimum Gasteiger partial charge on any atom is -0.481 e. The van der Waals surface area contributed by atoms with E-state index in [2.05, 4.69) is 21.3 Å². The van der Waals surface area contributed by atoms with Gasteiger partial charge in [0.25, 0.3) is 0 Å². The number of carboxylic acid groups (broad SMARTS) is 2. The zero-order valence-electron chi connectivity index (χ0n) is 24.3. The van der Waals surface area contributed by atoms with Gasteiger partial charge in [0.2, 0.25) is 0 Å². The maximum absolute atomic E-state index is 12.6. The third-order valence-corrected chi connectivity index (χ3v) is 5.51. The predicted molar refractivity (Wildman–Crippen MR) is 160 cm³/mol. The van der Waals surface area contributed by atoms with E-state index in [0.29, 0.717) is 23.9 Å². The fourth-order valence-corrected chi connectivity index (χ4v) is 3.66. The number of nitrogens with one attached hydrogen (secondary N) is 4. The summed E-state index contributed by atoms with van der Waals surface area (Å²) in [6.07, 6.45) is -1.71. The lowest BCUT2D eigenvalue weighted by atomic mass is 10.1. The highest BCUT2D eigenvalue weighted by Crippen LogP contribution is 2.44. The van der Waals surface area contributed by atoms with Crippen molar-refractivity contribution in [3.05, 3.63) is 36.1 Å². The fourth-order valence-electron chi connectivity index (χ4n) is 3.66. The van der Waals surface area contributed by atoms with Crippen molar-refractivity contribution in [2.75, 3.05) is 39.3 Å². The van der Waals surface area contributed by atoms with E-state index in [1.807, 2.05) is 0 Å². The minimum absolute atomic E-state index is 0. The van der Waals surface area contributed by atoms with Crippen LogP contribution in [0.25, 0.3) is 21.7 Å². The van der Waals surface area contributed by atoms with Gasteiger partial charge in [-0.25, -0.2) is 9.59 Å². The van der Waals surface area contributed by atoms with Gasteiger partial charge in [0.1, 0.15) is 0 Å². The molecule has 254 valence electrons. The Morgan fingerprint density at radius 2 is 1.17 bits per heavy atom. The molecule has 2 amide bonds. The van der Waals surface area contributed by atoms with Crippen LogP contribution < -0.4 is 30.7 Å². The number of ketones is 1. The van der Waals surface area contributed by atoms with Gasteiger partial charge in [-0.2, -0.15) is 8.42 Å². The molecular weight excluding hydrogens is 640 g/mol. The summed E-state index contributed by atoms with van der Waals surface area (Å²) in [6.45, 7) is 2.73. The van der Waals surface area contributed by atoms with E-state index >= 15 is 0 Å². The summed E-state index contributed by atoms with van der Waals surface area (Å²) in [6, 6.07) is 8.08. The normalized spacial score (nSPS) is 10.7. The first-order valence-corrected chi connectivity index (χ1v) is 14.5. The number of furan rings is 1. The number of hydrogen-bond donors (Lipinski definition) is 8. The Bertz CT molecular complexity index is 1530. The Labute approximate surface area is 261 Å². The van der Waals surface area contributed by atoms with E-state index in [-0.39, 0.29) is 72.7 Å². The molecular formula is C26H34N4O15S. The molecule has 0 atom stereocenters. The number of carbonyl (C=O) groups excluding carboxylic acids is 3. The van der Waals surface area contributed by atoms with Gasteiger partial charge in [0.05, 0.1) is 18.2 Å². The summed E-state index contributed by atoms with van der Waals surface area (Å²) in [4.78, 5) is 58.4. The summed E-state index contributed by atoms with van der Waals surface area (Å²) < 4.78 is 48.5. The number of benzene rings is 2. The Balaban J connectivity index is 0.00000163. The molecule has 10 N–H and O–H groups in total. The molecule has 2 aromatic carbocycles. The van der Waals surface area contributed by atoms with Crippen molar-refractivity contribution < 1.29 is 71.1 Å². The molecule has 0 radical (unpaired) electrons. The second kappa shape index (κ2) is 18.8. The van der Waals surface area contributed by atoms with Gasteiger partial charge in [-0.05, 0) is 6.07 Å². The molecule has 19 nitrogen and oxygen atoms in total. The lowest BCUT2D eigenvalue weighted by Gasteiger charge is -2.14. The fraction of sp³-hybridized carbons (Fsp3) is 0.346. The van der Waals surface area contributed by atoms with Crippen molar-refractivity contribution >= 4 is 62.0 Å². The Kier molecular flexibility index (Phi) is 16.0. The average molecular weight is 675 g/mol. The zero-order valence-corrected chi connectivity index (χ0v) is 25.1. The largest absolute Gasteiger partial charge is 0.481 e. The molecule has 0 saturated heterocycles. The molecule has 0 fully saturated rings. The molecule has 0 spiro atoms. The zero-order chi connectivity index (χ0) is 33.6. The van der Waals surface area contributed by atoms with Crippen LogP contribution >= 0.6 is 0 Å². The van der Waals surface area contributed by atoms with Crippen LogP contribution in [0.15, 0.2) is 34.7 Å². The Morgan fingerprint density at radius 3 is 1.61 bits per heavy atom. The highest BCUT2D eigenvalue weighted by molar-refractivity contribution is 7.79. The number of fused-ring (bicyclic) bond motifs is 2. The van der Waals surface area contributed by atoms with Crippen molar-refractivity contribution in [1.29, 1.82) is 0 Å². The van der Waals surface area contributed by atoms with Gasteiger partial charge in [-0.15, -0.1) is 0 Å². The van der Waals surface area contributed by atoms with E-state index in [4.69, 9.17) is 41.6 Å². The Morgan fingerprint density at radius 1 is 0.739 bits per heavy atom. The summed E-state index contributed by atoms with van der Waals surface area (Å²) >= 11 is 0. The lowest BCUT2D eigenvalue weighted by Crippen LogP contribution is -2.34. The van der Waals surface area contributed by atoms with Crippen LogP contribution in [0, 0.1) is 0 Å². The SMILES string of the molecule is CC(=O)c1cc2c(OC(=O)NCCNCCC(=O)O)c3ccccc3c(OC(=O)NCCNCCC(=O)O)c2o1.O.O=S(=O)(O)O. The van der Waals surface area contributed by atoms with Crippen molar-refractivity contribution in [3.63, 3.8) is 0 Å². The van der Waals surface area contributed by atoms with Crippen molar-refractivity contribution in [3.8, 4) is 11.5 Å². The van der Waals surface area contributed by atoms with Crippen LogP contribution in [0.1, 0.15) is 30.3 Å². The van der Waals surface area contributed by atoms with E-state index in [1.54, 1.807) is 24.3 Å². The van der Waals surface area contributed by atoms with Crippen molar-refractivity contribution in [2.24, 2.45) is 0 Å². The number of Topliss-reactive ketones (excluding diaryl/α,β-unsaturated/α-hetero) is 1. The second-order valence-electron chi connectivity index (χ2n) is 8.98. The molecule has 1 heterocycles. The number of rotatable bonds is 15. The molecule has 0 aliphatic heterocycles. The molecule has 3 aromatic rings. The average Bonchev–Trinajstić information content (AvgIpc) is 3.39. The van der Waals surface area contributed by atoms with E-state index in [9.17, 15) is 24.0 Å². The molecule has 46 heavy (non-hydrogen) atoms. The second-order valence-corrected chi connectivity index (χ2v) is 9.88. The lowest BCUT2D eigenvalue weighted by molar-refractivity contribution is -0.137. The summed E-state index contributed by atoms with van der Waals surface area (Å²) in [7, 11) is -4.67. The third kappa shape index (κ3) is 13.8. The highest BCUT2D eigenvalue weighted by Gasteiger charge is 2.24. The number of carboxylic acids is 2. The topological polar surface area (TPSA) is 312 Å². The number of carbonyl (C=O) groups is 5. The van der Waals surface area contributed by atoms with Crippen molar-refractivity contribution in [1.82, 2.24) is 21.3 Å². The first kappa shape index (κ1) is 39.2. The smallest absolute Gasteiger partial charge is 0.412 e. The highest BCUT2D eigenvalue weighted by atomic mass is 32.3. The van der Waals surface area contributed by atoms with Crippen LogP contribution in [0.2, 0.25) is 0 Å². The minimum atomic E-state index is -4.67. The van der Waals surface area contributed by atoms with Gasteiger partial charge in [0, 0.05) is 57.0 Å². The van der Waals surface area contributed by atoms with E-state index in [1.165, 1.54) is 13.0 Å². The van der Waals surface area contributed by atoms with Crippen LogP contribution in [-0.4, -0.2) is 102 Å². The number of hydrogen-bond acceptors (Lipinski definition) is 12.